The van der Waals surface area contributed by atoms with Gasteiger partial charge in [0.2, 0.25) is 5.91 Å². The molecule has 0 spiro atoms. The highest BCUT2D eigenvalue weighted by Gasteiger charge is 2.49. The van der Waals surface area contributed by atoms with Crippen molar-refractivity contribution in [1.29, 1.82) is 0 Å². The Morgan fingerprint density at radius 3 is 2.81 bits per heavy atom. The molecule has 16 heavy (non-hydrogen) atoms. The Kier molecular flexibility index (Phi) is 3.42. The SMILES string of the molecule is CSCC(=O)N1CC2CCCC2C1C(=O)O. The molecular weight excluding hydrogens is 226 g/mol. The lowest BCUT2D eigenvalue weighted by molar-refractivity contribution is -0.148. The van der Waals surface area contributed by atoms with Gasteiger partial charge < -0.3 is 10.0 Å². The highest BCUT2D eigenvalue weighted by atomic mass is 32.2. The third-order valence-corrected chi connectivity index (χ3v) is 4.27. The molecule has 3 atom stereocenters. The second-order valence-corrected chi connectivity index (χ2v) is 5.48. The maximum Gasteiger partial charge on any atom is 0.326 e. The summed E-state index contributed by atoms with van der Waals surface area (Å²) < 4.78 is 0. The summed E-state index contributed by atoms with van der Waals surface area (Å²) in [7, 11) is 0. The molecule has 2 fully saturated rings. The molecular formula is C11H17NO3S. The summed E-state index contributed by atoms with van der Waals surface area (Å²) in [6, 6.07) is -0.563. The minimum atomic E-state index is -0.830. The molecule has 1 amide bonds. The quantitative estimate of drug-likeness (QED) is 0.805. The Balaban J connectivity index is 2.13. The van der Waals surface area contributed by atoms with Crippen LogP contribution in [0.2, 0.25) is 0 Å². The number of hydrogen-bond donors (Lipinski definition) is 1. The smallest absolute Gasteiger partial charge is 0.326 e. The van der Waals surface area contributed by atoms with Crippen LogP contribution in [-0.4, -0.2) is 46.5 Å². The Hall–Kier alpha value is -0.710. The maximum atomic E-state index is 11.8. The molecule has 0 radical (unpaired) electrons. The zero-order valence-electron chi connectivity index (χ0n) is 9.39. The van der Waals surface area contributed by atoms with E-state index in [1.807, 2.05) is 6.26 Å². The molecule has 0 bridgehead atoms. The van der Waals surface area contributed by atoms with Gasteiger partial charge >= 0.3 is 5.97 Å². The molecule has 1 aliphatic carbocycles. The third-order valence-electron chi connectivity index (χ3n) is 3.73. The van der Waals surface area contributed by atoms with E-state index < -0.39 is 12.0 Å². The topological polar surface area (TPSA) is 57.6 Å². The number of carbonyl (C=O) groups excluding carboxylic acids is 1. The van der Waals surface area contributed by atoms with E-state index in [0.29, 0.717) is 18.2 Å². The number of hydrogen-bond acceptors (Lipinski definition) is 3. The van der Waals surface area contributed by atoms with Gasteiger partial charge in [-0.15, -0.1) is 0 Å². The summed E-state index contributed by atoms with van der Waals surface area (Å²) in [5.74, 6) is 0.164. The molecule has 0 aromatic rings. The molecule has 2 rings (SSSR count). The zero-order chi connectivity index (χ0) is 11.7. The number of rotatable bonds is 3. The standard InChI is InChI=1S/C11H17NO3S/c1-16-6-9(13)12-5-7-3-2-4-8(7)10(12)11(14)15/h7-8,10H,2-6H2,1H3,(H,14,15). The maximum absolute atomic E-state index is 11.8. The molecule has 0 aromatic carbocycles. The first-order valence-electron chi connectivity index (χ1n) is 5.66. The average molecular weight is 243 g/mol. The number of carboxylic acids is 1. The zero-order valence-corrected chi connectivity index (χ0v) is 10.2. The predicted octanol–water partition coefficient (Wildman–Crippen LogP) is 1.06. The summed E-state index contributed by atoms with van der Waals surface area (Å²) in [5.41, 5.74) is 0. The molecule has 3 unspecified atom stereocenters. The largest absolute Gasteiger partial charge is 0.480 e. The van der Waals surface area contributed by atoms with Crippen molar-refractivity contribution in [2.75, 3.05) is 18.6 Å². The molecule has 1 saturated carbocycles. The Labute approximate surface area is 99.4 Å². The van der Waals surface area contributed by atoms with Gasteiger partial charge in [-0.05, 0) is 30.9 Å². The summed E-state index contributed by atoms with van der Waals surface area (Å²) >= 11 is 1.45. The van der Waals surface area contributed by atoms with Gasteiger partial charge in [0.15, 0.2) is 0 Å². The van der Waals surface area contributed by atoms with Crippen molar-refractivity contribution < 1.29 is 14.7 Å². The number of fused-ring (bicyclic) bond motifs is 1. The molecule has 5 heteroatoms. The van der Waals surface area contributed by atoms with E-state index in [1.54, 1.807) is 4.90 Å². The van der Waals surface area contributed by atoms with Crippen LogP contribution in [0.25, 0.3) is 0 Å². The van der Waals surface area contributed by atoms with Gasteiger partial charge in [0.25, 0.3) is 0 Å². The lowest BCUT2D eigenvalue weighted by Gasteiger charge is -2.24. The van der Waals surface area contributed by atoms with Crippen LogP contribution >= 0.6 is 11.8 Å². The highest BCUT2D eigenvalue weighted by Crippen LogP contribution is 2.42. The summed E-state index contributed by atoms with van der Waals surface area (Å²) in [5, 5.41) is 9.25. The summed E-state index contributed by atoms with van der Waals surface area (Å²) in [4.78, 5) is 24.7. The Morgan fingerprint density at radius 2 is 2.19 bits per heavy atom. The van der Waals surface area contributed by atoms with Crippen LogP contribution in [0.15, 0.2) is 0 Å². The molecule has 1 aliphatic heterocycles. The summed E-state index contributed by atoms with van der Waals surface area (Å²) in [6.45, 7) is 0.654. The fourth-order valence-corrected chi connectivity index (χ4v) is 3.50. The van der Waals surface area contributed by atoms with Crippen molar-refractivity contribution in [1.82, 2.24) is 4.90 Å². The number of nitrogens with zero attached hydrogens (tertiary/aromatic N) is 1. The van der Waals surface area contributed by atoms with Gasteiger partial charge in [-0.3, -0.25) is 4.79 Å². The number of aliphatic carboxylic acids is 1. The second kappa shape index (κ2) is 4.65. The molecule has 4 nitrogen and oxygen atoms in total. The second-order valence-electron chi connectivity index (χ2n) is 4.62. The van der Waals surface area contributed by atoms with Crippen molar-refractivity contribution >= 4 is 23.6 Å². The first-order valence-corrected chi connectivity index (χ1v) is 7.05. The number of likely N-dealkylation sites (tertiary alicyclic amines) is 1. The van der Waals surface area contributed by atoms with Gasteiger partial charge in [-0.25, -0.2) is 4.79 Å². The molecule has 0 aromatic heterocycles. The fraction of sp³-hybridized carbons (Fsp3) is 0.818. The van der Waals surface area contributed by atoms with E-state index >= 15 is 0 Å². The number of carbonyl (C=O) groups is 2. The van der Waals surface area contributed by atoms with Crippen LogP contribution in [0.4, 0.5) is 0 Å². The Morgan fingerprint density at radius 1 is 1.44 bits per heavy atom. The summed E-state index contributed by atoms with van der Waals surface area (Å²) in [6.07, 6.45) is 5.02. The van der Waals surface area contributed by atoms with Crippen LogP contribution in [0.5, 0.6) is 0 Å². The van der Waals surface area contributed by atoms with Gasteiger partial charge in [-0.1, -0.05) is 6.42 Å². The van der Waals surface area contributed by atoms with Crippen LogP contribution in [-0.2, 0) is 9.59 Å². The van der Waals surface area contributed by atoms with Crippen LogP contribution in [0, 0.1) is 11.8 Å². The van der Waals surface area contributed by atoms with E-state index in [0.717, 1.165) is 19.3 Å². The van der Waals surface area contributed by atoms with Crippen molar-refractivity contribution in [2.24, 2.45) is 11.8 Å². The Bertz CT molecular complexity index is 308. The van der Waals surface area contributed by atoms with E-state index in [4.69, 9.17) is 0 Å². The number of carboxylic acid groups (broad SMARTS) is 1. The minimum absolute atomic E-state index is 0.0192. The van der Waals surface area contributed by atoms with Crippen LogP contribution in [0.1, 0.15) is 19.3 Å². The molecule has 1 heterocycles. The van der Waals surface area contributed by atoms with Crippen molar-refractivity contribution in [3.8, 4) is 0 Å². The monoisotopic (exact) mass is 243 g/mol. The van der Waals surface area contributed by atoms with E-state index in [-0.39, 0.29) is 11.8 Å². The van der Waals surface area contributed by atoms with Gasteiger partial charge in [0.1, 0.15) is 6.04 Å². The van der Waals surface area contributed by atoms with Crippen LogP contribution in [0.3, 0.4) is 0 Å². The average Bonchev–Trinajstić information content (AvgIpc) is 2.74. The van der Waals surface area contributed by atoms with Crippen LogP contribution < -0.4 is 0 Å². The third kappa shape index (κ3) is 1.93. The van der Waals surface area contributed by atoms with E-state index in [9.17, 15) is 14.7 Å². The fourth-order valence-electron chi connectivity index (χ4n) is 3.08. The van der Waals surface area contributed by atoms with Crippen molar-refractivity contribution in [3.05, 3.63) is 0 Å². The molecule has 1 saturated heterocycles. The molecule has 2 aliphatic rings. The lowest BCUT2D eigenvalue weighted by Crippen LogP contribution is -2.44. The van der Waals surface area contributed by atoms with Crippen molar-refractivity contribution in [2.45, 2.75) is 25.3 Å². The normalized spacial score (nSPS) is 32.8. The number of thioether (sulfide) groups is 1. The minimum Gasteiger partial charge on any atom is -0.480 e. The lowest BCUT2D eigenvalue weighted by atomic mass is 9.94. The van der Waals surface area contributed by atoms with Crippen molar-refractivity contribution in [3.63, 3.8) is 0 Å². The first kappa shape index (κ1) is 11.8. The van der Waals surface area contributed by atoms with Gasteiger partial charge in [-0.2, -0.15) is 11.8 Å². The van der Waals surface area contributed by atoms with Gasteiger partial charge in [0, 0.05) is 6.54 Å². The van der Waals surface area contributed by atoms with E-state index in [1.165, 1.54) is 11.8 Å². The first-order chi connectivity index (χ1) is 7.65. The number of amides is 1. The highest BCUT2D eigenvalue weighted by molar-refractivity contribution is 7.99. The van der Waals surface area contributed by atoms with Gasteiger partial charge in [0.05, 0.1) is 5.75 Å². The molecule has 90 valence electrons. The molecule has 1 N–H and O–H groups in total. The predicted molar refractivity (Wildman–Crippen MR) is 62.3 cm³/mol. The van der Waals surface area contributed by atoms with E-state index in [2.05, 4.69) is 0 Å².